The zero-order chi connectivity index (χ0) is 15.2. The summed E-state index contributed by atoms with van der Waals surface area (Å²) in [6.45, 7) is 4.87. The minimum Gasteiger partial charge on any atom is -0.366 e. The van der Waals surface area contributed by atoms with Gasteiger partial charge in [-0.05, 0) is 31.4 Å². The van der Waals surface area contributed by atoms with E-state index in [0.29, 0.717) is 0 Å². The highest BCUT2D eigenvalue weighted by atomic mass is 15.2. The van der Waals surface area contributed by atoms with E-state index in [9.17, 15) is 0 Å². The zero-order valence-electron chi connectivity index (χ0n) is 13.1. The van der Waals surface area contributed by atoms with Gasteiger partial charge in [0.2, 0.25) is 0 Å². The summed E-state index contributed by atoms with van der Waals surface area (Å²) >= 11 is 0. The van der Waals surface area contributed by atoms with Crippen LogP contribution in [0.1, 0.15) is 37.1 Å². The van der Waals surface area contributed by atoms with Crippen LogP contribution in [0.2, 0.25) is 0 Å². The van der Waals surface area contributed by atoms with E-state index in [0.717, 1.165) is 42.7 Å². The molecule has 0 amide bonds. The van der Waals surface area contributed by atoms with Gasteiger partial charge in [0, 0.05) is 38.1 Å². The van der Waals surface area contributed by atoms with Gasteiger partial charge in [0.25, 0.3) is 0 Å². The number of nitrogens with zero attached hydrogens (tertiary/aromatic N) is 4. The summed E-state index contributed by atoms with van der Waals surface area (Å²) in [6.07, 6.45) is 8.81. The first-order valence-corrected chi connectivity index (χ1v) is 8.05. The van der Waals surface area contributed by atoms with E-state index in [1.54, 1.807) is 6.20 Å². The summed E-state index contributed by atoms with van der Waals surface area (Å²) in [4.78, 5) is 15.6. The van der Waals surface area contributed by atoms with Crippen LogP contribution in [0, 0.1) is 6.92 Å². The molecule has 1 aliphatic heterocycles. The summed E-state index contributed by atoms with van der Waals surface area (Å²) in [7, 11) is 0. The Hall–Kier alpha value is -2.17. The van der Waals surface area contributed by atoms with Crippen LogP contribution < -0.4 is 10.2 Å². The summed E-state index contributed by atoms with van der Waals surface area (Å²) in [5, 5.41) is 3.38. The van der Waals surface area contributed by atoms with Crippen molar-refractivity contribution in [3.05, 3.63) is 42.0 Å². The lowest BCUT2D eigenvalue weighted by Crippen LogP contribution is -2.25. The third-order valence-electron chi connectivity index (χ3n) is 3.95. The van der Waals surface area contributed by atoms with Gasteiger partial charge in [0.1, 0.15) is 17.5 Å². The fourth-order valence-corrected chi connectivity index (χ4v) is 2.80. The number of aromatic nitrogens is 3. The molecule has 1 N–H and O–H groups in total. The highest BCUT2D eigenvalue weighted by molar-refractivity contribution is 5.49. The van der Waals surface area contributed by atoms with Crippen LogP contribution in [-0.2, 0) is 6.54 Å². The molecule has 0 saturated carbocycles. The fraction of sp³-hybridized carbons (Fsp3) is 0.471. The Labute approximate surface area is 131 Å². The second-order valence-corrected chi connectivity index (χ2v) is 5.77. The van der Waals surface area contributed by atoms with Gasteiger partial charge in [-0.25, -0.2) is 9.97 Å². The van der Waals surface area contributed by atoms with Crippen LogP contribution in [0.3, 0.4) is 0 Å². The third kappa shape index (κ3) is 3.93. The first kappa shape index (κ1) is 14.8. The number of hydrogen-bond donors (Lipinski definition) is 1. The number of aryl methyl sites for hydroxylation is 1. The highest BCUT2D eigenvalue weighted by Gasteiger charge is 2.12. The van der Waals surface area contributed by atoms with Gasteiger partial charge < -0.3 is 10.2 Å². The molecule has 116 valence electrons. The normalized spacial score (nSPS) is 15.4. The maximum absolute atomic E-state index is 4.62. The van der Waals surface area contributed by atoms with Gasteiger partial charge >= 0.3 is 0 Å². The number of pyridine rings is 1. The molecule has 0 spiro atoms. The van der Waals surface area contributed by atoms with Gasteiger partial charge in [0.15, 0.2) is 0 Å². The Balaban J connectivity index is 1.71. The third-order valence-corrected chi connectivity index (χ3v) is 3.95. The number of anilines is 2. The van der Waals surface area contributed by atoms with Crippen molar-refractivity contribution in [2.75, 3.05) is 23.3 Å². The SMILES string of the molecule is Cc1nc(NCc2cccnc2)cc(N2CCCCCC2)n1. The van der Waals surface area contributed by atoms with Crippen LogP contribution in [0.5, 0.6) is 0 Å². The van der Waals surface area contributed by atoms with Crippen molar-refractivity contribution in [1.29, 1.82) is 0 Å². The minimum absolute atomic E-state index is 0.726. The molecule has 0 radical (unpaired) electrons. The average molecular weight is 297 g/mol. The fourth-order valence-electron chi connectivity index (χ4n) is 2.80. The van der Waals surface area contributed by atoms with E-state index in [4.69, 9.17) is 0 Å². The van der Waals surface area contributed by atoms with Crippen molar-refractivity contribution in [1.82, 2.24) is 15.0 Å². The Kier molecular flexibility index (Phi) is 4.83. The van der Waals surface area contributed by atoms with E-state index in [1.807, 2.05) is 19.2 Å². The molecular weight excluding hydrogens is 274 g/mol. The van der Waals surface area contributed by atoms with Crippen LogP contribution in [0.15, 0.2) is 30.6 Å². The first-order valence-electron chi connectivity index (χ1n) is 8.05. The lowest BCUT2D eigenvalue weighted by Gasteiger charge is -2.22. The Morgan fingerprint density at radius 3 is 2.68 bits per heavy atom. The molecule has 0 aliphatic carbocycles. The van der Waals surface area contributed by atoms with Gasteiger partial charge in [-0.2, -0.15) is 0 Å². The molecule has 0 atom stereocenters. The van der Waals surface area contributed by atoms with E-state index in [1.165, 1.54) is 25.7 Å². The van der Waals surface area contributed by atoms with Gasteiger partial charge in [-0.3, -0.25) is 4.98 Å². The molecular formula is C17H23N5. The van der Waals surface area contributed by atoms with E-state index in [-0.39, 0.29) is 0 Å². The second kappa shape index (κ2) is 7.20. The summed E-state index contributed by atoms with van der Waals surface area (Å²) < 4.78 is 0. The monoisotopic (exact) mass is 297 g/mol. The van der Waals surface area contributed by atoms with Crippen LogP contribution >= 0.6 is 0 Å². The Morgan fingerprint density at radius 1 is 1.14 bits per heavy atom. The molecule has 2 aromatic heterocycles. The van der Waals surface area contributed by atoms with Crippen molar-refractivity contribution < 1.29 is 0 Å². The van der Waals surface area contributed by atoms with Crippen LogP contribution in [0.4, 0.5) is 11.6 Å². The van der Waals surface area contributed by atoms with E-state index in [2.05, 4.69) is 37.3 Å². The quantitative estimate of drug-likeness (QED) is 0.939. The largest absolute Gasteiger partial charge is 0.366 e. The zero-order valence-corrected chi connectivity index (χ0v) is 13.1. The van der Waals surface area contributed by atoms with Crippen molar-refractivity contribution in [3.63, 3.8) is 0 Å². The topological polar surface area (TPSA) is 53.9 Å². The van der Waals surface area contributed by atoms with Crippen molar-refractivity contribution in [3.8, 4) is 0 Å². The van der Waals surface area contributed by atoms with Gasteiger partial charge in [-0.1, -0.05) is 18.9 Å². The highest BCUT2D eigenvalue weighted by Crippen LogP contribution is 2.20. The standard InChI is InChI=1S/C17H23N5/c1-14-20-16(19-13-15-7-6-8-18-12-15)11-17(21-14)22-9-4-2-3-5-10-22/h6-8,11-12H,2-5,9-10,13H2,1H3,(H,19,20,21). The molecule has 0 bridgehead atoms. The minimum atomic E-state index is 0.726. The smallest absolute Gasteiger partial charge is 0.134 e. The second-order valence-electron chi connectivity index (χ2n) is 5.77. The van der Waals surface area contributed by atoms with Crippen molar-refractivity contribution in [2.45, 2.75) is 39.2 Å². The number of hydrogen-bond acceptors (Lipinski definition) is 5. The molecule has 3 rings (SSSR count). The molecule has 3 heterocycles. The molecule has 2 aromatic rings. The maximum Gasteiger partial charge on any atom is 0.134 e. The first-order chi connectivity index (χ1) is 10.8. The molecule has 0 unspecified atom stereocenters. The van der Waals surface area contributed by atoms with Crippen molar-refractivity contribution >= 4 is 11.6 Å². The van der Waals surface area contributed by atoms with Crippen LogP contribution in [-0.4, -0.2) is 28.0 Å². The lowest BCUT2D eigenvalue weighted by atomic mass is 10.2. The number of nitrogens with one attached hydrogen (secondary N) is 1. The molecule has 1 aliphatic rings. The molecule has 1 saturated heterocycles. The Morgan fingerprint density at radius 2 is 1.95 bits per heavy atom. The molecule has 22 heavy (non-hydrogen) atoms. The average Bonchev–Trinajstić information content (AvgIpc) is 2.83. The molecule has 5 heteroatoms. The summed E-state index contributed by atoms with van der Waals surface area (Å²) in [5.41, 5.74) is 1.15. The van der Waals surface area contributed by atoms with Crippen molar-refractivity contribution in [2.24, 2.45) is 0 Å². The lowest BCUT2D eigenvalue weighted by molar-refractivity contribution is 0.726. The molecule has 0 aromatic carbocycles. The molecule has 1 fully saturated rings. The van der Waals surface area contributed by atoms with E-state index < -0.39 is 0 Å². The predicted molar refractivity (Wildman–Crippen MR) is 89.0 cm³/mol. The number of rotatable bonds is 4. The maximum atomic E-state index is 4.62. The van der Waals surface area contributed by atoms with Crippen LogP contribution in [0.25, 0.3) is 0 Å². The van der Waals surface area contributed by atoms with Gasteiger partial charge in [-0.15, -0.1) is 0 Å². The molecule has 5 nitrogen and oxygen atoms in total. The van der Waals surface area contributed by atoms with Gasteiger partial charge in [0.05, 0.1) is 0 Å². The predicted octanol–water partition coefficient (Wildman–Crippen LogP) is 3.17. The summed E-state index contributed by atoms with van der Waals surface area (Å²) in [6, 6.07) is 6.07. The van der Waals surface area contributed by atoms with E-state index >= 15 is 0 Å². The summed E-state index contributed by atoms with van der Waals surface area (Å²) in [5.74, 6) is 2.74. The Bertz CT molecular complexity index is 591.